The van der Waals surface area contributed by atoms with E-state index in [0.717, 1.165) is 17.9 Å². The van der Waals surface area contributed by atoms with Gasteiger partial charge < -0.3 is 15.3 Å². The maximum Gasteiger partial charge on any atom is 0.414 e. The highest BCUT2D eigenvalue weighted by Gasteiger charge is 2.44. The van der Waals surface area contributed by atoms with Crippen molar-refractivity contribution in [1.82, 2.24) is 10.2 Å². The van der Waals surface area contributed by atoms with Crippen LogP contribution in [0.5, 0.6) is 0 Å². The van der Waals surface area contributed by atoms with Crippen LogP contribution in [0.3, 0.4) is 0 Å². The molecule has 0 spiro atoms. The molecular formula is C14H25F3N2O2S. The van der Waals surface area contributed by atoms with Crippen molar-refractivity contribution in [3.63, 3.8) is 0 Å². The lowest BCUT2D eigenvalue weighted by Gasteiger charge is -2.35. The Kier molecular flexibility index (Phi) is 7.82. The number of alkyl halides is 3. The molecule has 2 amide bonds. The molecule has 4 nitrogen and oxygen atoms in total. The van der Waals surface area contributed by atoms with Gasteiger partial charge in [0.2, 0.25) is 0 Å². The fraction of sp³-hybridized carbons (Fsp3) is 0.929. The fourth-order valence-corrected chi connectivity index (χ4v) is 3.27. The Bertz CT molecular complexity index is 347. The highest BCUT2D eigenvalue weighted by Crippen LogP contribution is 2.31. The monoisotopic (exact) mass is 342 g/mol. The van der Waals surface area contributed by atoms with Crippen LogP contribution in [0.4, 0.5) is 18.0 Å². The van der Waals surface area contributed by atoms with Gasteiger partial charge in [0.05, 0.1) is 0 Å². The molecule has 1 fully saturated rings. The first-order valence-electron chi connectivity index (χ1n) is 7.63. The second kappa shape index (κ2) is 8.86. The summed E-state index contributed by atoms with van der Waals surface area (Å²) in [6.07, 6.45) is -5.65. The zero-order valence-corrected chi connectivity index (χ0v) is 13.8. The van der Waals surface area contributed by atoms with E-state index in [9.17, 15) is 23.1 Å². The topological polar surface area (TPSA) is 52.6 Å². The minimum Gasteiger partial charge on any atom is -0.383 e. The van der Waals surface area contributed by atoms with E-state index in [2.05, 4.69) is 12.2 Å². The number of carbonyl (C=O) groups is 1. The molecule has 0 aromatic carbocycles. The minimum absolute atomic E-state index is 0.0463. The predicted molar refractivity (Wildman–Crippen MR) is 82.0 cm³/mol. The quantitative estimate of drug-likeness (QED) is 0.730. The average molecular weight is 342 g/mol. The number of nitrogens with zero attached hydrogens (tertiary/aromatic N) is 1. The van der Waals surface area contributed by atoms with Crippen molar-refractivity contribution < 1.29 is 23.1 Å². The van der Waals surface area contributed by atoms with E-state index in [0.29, 0.717) is 0 Å². The molecule has 1 aliphatic heterocycles. The number of carbonyl (C=O) groups excluding carboxylic acids is 1. The first-order chi connectivity index (χ1) is 10.3. The van der Waals surface area contributed by atoms with Crippen LogP contribution in [-0.4, -0.2) is 59.0 Å². The second-order valence-corrected chi connectivity index (χ2v) is 7.04. The number of halogens is 3. The summed E-state index contributed by atoms with van der Waals surface area (Å²) in [6, 6.07) is -0.181. The number of piperidine rings is 1. The van der Waals surface area contributed by atoms with Crippen molar-refractivity contribution in [2.24, 2.45) is 5.92 Å². The lowest BCUT2D eigenvalue weighted by Crippen LogP contribution is -2.49. The predicted octanol–water partition coefficient (Wildman–Crippen LogP) is 2.86. The maximum atomic E-state index is 12.5. The fourth-order valence-electron chi connectivity index (χ4n) is 2.46. The Hall–Kier alpha value is -0.630. The molecule has 0 radical (unpaired) electrons. The molecule has 2 unspecified atom stereocenters. The molecule has 1 heterocycles. The van der Waals surface area contributed by atoms with Gasteiger partial charge in [-0.25, -0.2) is 4.79 Å². The number of aliphatic hydroxyl groups is 1. The zero-order chi connectivity index (χ0) is 16.8. The molecule has 130 valence electrons. The van der Waals surface area contributed by atoms with E-state index in [4.69, 9.17) is 0 Å². The third-order valence-electron chi connectivity index (χ3n) is 3.88. The molecule has 0 bridgehead atoms. The number of urea groups is 1. The Morgan fingerprint density at radius 3 is 2.50 bits per heavy atom. The lowest BCUT2D eigenvalue weighted by molar-refractivity contribution is -0.222. The molecule has 0 aromatic heterocycles. The summed E-state index contributed by atoms with van der Waals surface area (Å²) in [6.45, 7) is 4.50. The summed E-state index contributed by atoms with van der Waals surface area (Å²) >= 11 is 1.81. The van der Waals surface area contributed by atoms with E-state index >= 15 is 0 Å². The Morgan fingerprint density at radius 2 is 2.00 bits per heavy atom. The van der Waals surface area contributed by atoms with Crippen LogP contribution < -0.4 is 5.32 Å². The van der Waals surface area contributed by atoms with Crippen molar-refractivity contribution >= 4 is 17.8 Å². The standard InChI is InChI=1S/C14H25F3N2O2S/c1-3-22-9-6-10(2)18-13(21)19-7-4-11(5-8-19)12(20)14(15,16)17/h10-12,20H,3-9H2,1-2H3,(H,18,21). The third kappa shape index (κ3) is 6.24. The molecule has 0 aromatic rings. The average Bonchev–Trinajstić information content (AvgIpc) is 2.46. The van der Waals surface area contributed by atoms with Gasteiger partial charge in [-0.1, -0.05) is 6.92 Å². The largest absolute Gasteiger partial charge is 0.414 e. The number of hydrogen-bond acceptors (Lipinski definition) is 3. The van der Waals surface area contributed by atoms with Crippen molar-refractivity contribution in [3.05, 3.63) is 0 Å². The first kappa shape index (κ1) is 19.4. The summed E-state index contributed by atoms with van der Waals surface area (Å²) in [5, 5.41) is 12.1. The van der Waals surface area contributed by atoms with Gasteiger partial charge in [0, 0.05) is 19.1 Å². The van der Waals surface area contributed by atoms with E-state index in [1.165, 1.54) is 4.90 Å². The van der Waals surface area contributed by atoms with Gasteiger partial charge in [-0.05, 0) is 43.6 Å². The molecule has 2 N–H and O–H groups in total. The van der Waals surface area contributed by atoms with Crippen molar-refractivity contribution in [1.29, 1.82) is 0 Å². The third-order valence-corrected chi connectivity index (χ3v) is 4.81. The number of hydrogen-bond donors (Lipinski definition) is 2. The Balaban J connectivity index is 2.33. The zero-order valence-electron chi connectivity index (χ0n) is 13.0. The van der Waals surface area contributed by atoms with Crippen molar-refractivity contribution in [2.45, 2.75) is 51.4 Å². The van der Waals surface area contributed by atoms with E-state index in [1.54, 1.807) is 11.8 Å². The van der Waals surface area contributed by atoms with Crippen LogP contribution in [0.2, 0.25) is 0 Å². The van der Waals surface area contributed by atoms with Crippen LogP contribution in [0.1, 0.15) is 33.1 Å². The van der Waals surface area contributed by atoms with Gasteiger partial charge in [0.15, 0.2) is 6.10 Å². The smallest absolute Gasteiger partial charge is 0.383 e. The SMILES string of the molecule is CCSCCC(C)NC(=O)N1CCC(C(O)C(F)(F)F)CC1. The Labute approximate surface area is 133 Å². The van der Waals surface area contributed by atoms with Crippen LogP contribution in [0.25, 0.3) is 0 Å². The normalized spacial score (nSPS) is 19.8. The number of amides is 2. The molecule has 1 rings (SSSR count). The first-order valence-corrected chi connectivity index (χ1v) is 8.79. The molecule has 1 aliphatic rings. The van der Waals surface area contributed by atoms with Gasteiger partial charge in [-0.15, -0.1) is 0 Å². The number of likely N-dealkylation sites (tertiary alicyclic amines) is 1. The maximum absolute atomic E-state index is 12.5. The molecule has 22 heavy (non-hydrogen) atoms. The molecule has 1 saturated heterocycles. The van der Waals surface area contributed by atoms with E-state index in [1.807, 2.05) is 6.92 Å². The van der Waals surface area contributed by atoms with Gasteiger partial charge in [-0.3, -0.25) is 0 Å². The van der Waals surface area contributed by atoms with Gasteiger partial charge >= 0.3 is 12.2 Å². The molecule has 8 heteroatoms. The molecular weight excluding hydrogens is 317 g/mol. The van der Waals surface area contributed by atoms with Crippen LogP contribution in [-0.2, 0) is 0 Å². The highest BCUT2D eigenvalue weighted by molar-refractivity contribution is 7.99. The summed E-state index contributed by atoms with van der Waals surface area (Å²) in [5.41, 5.74) is 0. The van der Waals surface area contributed by atoms with Crippen LogP contribution in [0.15, 0.2) is 0 Å². The molecule has 0 saturated carbocycles. The number of nitrogens with one attached hydrogen (secondary N) is 1. The van der Waals surface area contributed by atoms with Crippen molar-refractivity contribution in [3.8, 4) is 0 Å². The van der Waals surface area contributed by atoms with Crippen LogP contribution >= 0.6 is 11.8 Å². The summed E-state index contributed by atoms with van der Waals surface area (Å²) < 4.78 is 37.4. The van der Waals surface area contributed by atoms with Gasteiger partial charge in [-0.2, -0.15) is 24.9 Å². The van der Waals surface area contributed by atoms with E-state index < -0.39 is 18.2 Å². The highest BCUT2D eigenvalue weighted by atomic mass is 32.2. The van der Waals surface area contributed by atoms with Crippen LogP contribution in [0, 0.1) is 5.92 Å². The van der Waals surface area contributed by atoms with E-state index in [-0.39, 0.29) is 38.0 Å². The number of aliphatic hydroxyl groups excluding tert-OH is 1. The Morgan fingerprint density at radius 1 is 1.41 bits per heavy atom. The summed E-state index contributed by atoms with van der Waals surface area (Å²) in [5.74, 6) is 1.19. The van der Waals surface area contributed by atoms with Gasteiger partial charge in [0.1, 0.15) is 0 Å². The van der Waals surface area contributed by atoms with Crippen molar-refractivity contribution in [2.75, 3.05) is 24.6 Å². The summed E-state index contributed by atoms with van der Waals surface area (Å²) in [7, 11) is 0. The second-order valence-electron chi connectivity index (χ2n) is 5.65. The summed E-state index contributed by atoms with van der Waals surface area (Å²) in [4.78, 5) is 13.6. The van der Waals surface area contributed by atoms with Gasteiger partial charge in [0.25, 0.3) is 0 Å². The molecule has 2 atom stereocenters. The lowest BCUT2D eigenvalue weighted by atomic mass is 9.91. The number of rotatable bonds is 6. The number of thioether (sulfide) groups is 1. The minimum atomic E-state index is -4.58. The molecule has 0 aliphatic carbocycles.